The fourth-order valence-electron chi connectivity index (χ4n) is 1.14. The van der Waals surface area contributed by atoms with Crippen molar-refractivity contribution in [3.8, 4) is 5.75 Å². The highest BCUT2D eigenvalue weighted by Gasteiger charge is 2.19. The predicted octanol–water partition coefficient (Wildman–Crippen LogP) is 2.76. The number of hydrogen-bond donors (Lipinski definition) is 1. The number of ether oxygens (including phenoxy) is 1. The molecule has 2 nitrogen and oxygen atoms in total. The van der Waals surface area contributed by atoms with Gasteiger partial charge in [0.25, 0.3) is 0 Å². The molecule has 78 valence electrons. The molecular formula is C9H10BrF2NO. The third-order valence-electron chi connectivity index (χ3n) is 1.84. The summed E-state index contributed by atoms with van der Waals surface area (Å²) in [7, 11) is 1.31. The Morgan fingerprint density at radius 1 is 1.50 bits per heavy atom. The van der Waals surface area contributed by atoms with Crippen molar-refractivity contribution in [3.05, 3.63) is 27.7 Å². The monoisotopic (exact) mass is 265 g/mol. The minimum Gasteiger partial charge on any atom is -0.493 e. The summed E-state index contributed by atoms with van der Waals surface area (Å²) in [5, 5.41) is 0. The number of hydrogen-bond acceptors (Lipinski definition) is 2. The van der Waals surface area contributed by atoms with Crippen molar-refractivity contribution in [2.45, 2.75) is 13.0 Å². The average molecular weight is 266 g/mol. The van der Waals surface area contributed by atoms with Gasteiger partial charge in [-0.25, -0.2) is 8.78 Å². The van der Waals surface area contributed by atoms with Gasteiger partial charge in [-0.2, -0.15) is 0 Å². The van der Waals surface area contributed by atoms with Gasteiger partial charge in [-0.05, 0) is 28.9 Å². The van der Waals surface area contributed by atoms with Crippen LogP contribution in [0.4, 0.5) is 8.78 Å². The second kappa shape index (κ2) is 4.23. The van der Waals surface area contributed by atoms with E-state index in [4.69, 9.17) is 10.5 Å². The summed E-state index contributed by atoms with van der Waals surface area (Å²) in [5.41, 5.74) is 5.86. The molecular weight excluding hydrogens is 256 g/mol. The molecule has 0 heterocycles. The first-order valence-electron chi connectivity index (χ1n) is 3.96. The minimum atomic E-state index is -0.764. The zero-order valence-corrected chi connectivity index (χ0v) is 9.36. The third-order valence-corrected chi connectivity index (χ3v) is 2.57. The lowest BCUT2D eigenvalue weighted by molar-refractivity contribution is 0.374. The molecule has 14 heavy (non-hydrogen) atoms. The van der Waals surface area contributed by atoms with Crippen LogP contribution >= 0.6 is 15.9 Å². The van der Waals surface area contributed by atoms with E-state index in [0.717, 1.165) is 6.07 Å². The van der Waals surface area contributed by atoms with Crippen molar-refractivity contribution in [1.29, 1.82) is 0 Å². The van der Waals surface area contributed by atoms with Crippen molar-refractivity contribution in [1.82, 2.24) is 0 Å². The van der Waals surface area contributed by atoms with Gasteiger partial charge < -0.3 is 10.5 Å². The highest BCUT2D eigenvalue weighted by atomic mass is 79.9. The molecule has 0 aliphatic carbocycles. The van der Waals surface area contributed by atoms with Crippen molar-refractivity contribution in [2.75, 3.05) is 7.11 Å². The summed E-state index contributed by atoms with van der Waals surface area (Å²) in [5.74, 6) is -1.47. The fraction of sp³-hybridized carbons (Fsp3) is 0.333. The largest absolute Gasteiger partial charge is 0.493 e. The van der Waals surface area contributed by atoms with Crippen LogP contribution < -0.4 is 10.5 Å². The second-order valence-electron chi connectivity index (χ2n) is 2.90. The molecule has 1 aromatic carbocycles. The molecule has 0 saturated carbocycles. The van der Waals surface area contributed by atoms with Gasteiger partial charge in [-0.3, -0.25) is 0 Å². The van der Waals surface area contributed by atoms with Crippen molar-refractivity contribution in [2.24, 2.45) is 5.73 Å². The maximum atomic E-state index is 13.4. The second-order valence-corrected chi connectivity index (χ2v) is 3.69. The van der Waals surface area contributed by atoms with E-state index in [1.807, 2.05) is 0 Å². The molecule has 0 amide bonds. The van der Waals surface area contributed by atoms with Gasteiger partial charge in [0, 0.05) is 11.6 Å². The zero-order chi connectivity index (χ0) is 10.9. The summed E-state index contributed by atoms with van der Waals surface area (Å²) in [6, 6.07) is 0.679. The molecule has 1 rings (SSSR count). The zero-order valence-electron chi connectivity index (χ0n) is 7.77. The van der Waals surface area contributed by atoms with Crippen molar-refractivity contribution in [3.63, 3.8) is 0 Å². The van der Waals surface area contributed by atoms with E-state index in [0.29, 0.717) is 5.56 Å². The van der Waals surface area contributed by atoms with Gasteiger partial charge in [0.05, 0.1) is 11.6 Å². The molecule has 2 N–H and O–H groups in total. The van der Waals surface area contributed by atoms with Crippen LogP contribution in [0, 0.1) is 11.6 Å². The molecule has 0 spiro atoms. The molecule has 1 aromatic rings. The van der Waals surface area contributed by atoms with E-state index < -0.39 is 17.7 Å². The molecule has 0 radical (unpaired) electrons. The van der Waals surface area contributed by atoms with E-state index in [-0.39, 0.29) is 10.2 Å². The maximum absolute atomic E-state index is 13.4. The Hall–Kier alpha value is -0.680. The van der Waals surface area contributed by atoms with Crippen molar-refractivity contribution >= 4 is 15.9 Å². The molecule has 5 heteroatoms. The van der Waals surface area contributed by atoms with Gasteiger partial charge >= 0.3 is 0 Å². The van der Waals surface area contributed by atoms with Gasteiger partial charge in [0.2, 0.25) is 0 Å². The van der Waals surface area contributed by atoms with E-state index in [2.05, 4.69) is 15.9 Å². The van der Waals surface area contributed by atoms with Crippen LogP contribution in [0.15, 0.2) is 10.5 Å². The highest BCUT2D eigenvalue weighted by molar-refractivity contribution is 9.10. The molecule has 0 fully saturated rings. The Bertz CT molecular complexity index is 355. The van der Waals surface area contributed by atoms with E-state index in [1.165, 1.54) is 7.11 Å². The summed E-state index contributed by atoms with van der Waals surface area (Å²) in [4.78, 5) is 0. The Kier molecular flexibility index (Phi) is 3.44. The first-order valence-corrected chi connectivity index (χ1v) is 4.75. The Morgan fingerprint density at radius 2 is 2.07 bits per heavy atom. The average Bonchev–Trinajstić information content (AvgIpc) is 2.13. The summed E-state index contributed by atoms with van der Waals surface area (Å²) >= 11 is 2.78. The van der Waals surface area contributed by atoms with Gasteiger partial charge in [0.15, 0.2) is 11.6 Å². The van der Waals surface area contributed by atoms with Gasteiger partial charge in [-0.1, -0.05) is 0 Å². The topological polar surface area (TPSA) is 35.2 Å². The van der Waals surface area contributed by atoms with Crippen LogP contribution in [-0.4, -0.2) is 7.11 Å². The van der Waals surface area contributed by atoms with E-state index >= 15 is 0 Å². The quantitative estimate of drug-likeness (QED) is 0.835. The van der Waals surface area contributed by atoms with Crippen LogP contribution in [0.1, 0.15) is 18.5 Å². The lowest BCUT2D eigenvalue weighted by atomic mass is 10.1. The Morgan fingerprint density at radius 3 is 2.50 bits per heavy atom. The molecule has 0 bridgehead atoms. The first kappa shape index (κ1) is 11.4. The van der Waals surface area contributed by atoms with Crippen LogP contribution in [0.25, 0.3) is 0 Å². The molecule has 1 unspecified atom stereocenters. The van der Waals surface area contributed by atoms with E-state index in [1.54, 1.807) is 6.92 Å². The van der Waals surface area contributed by atoms with Crippen molar-refractivity contribution < 1.29 is 13.5 Å². The molecule has 1 atom stereocenters. The fourth-order valence-corrected chi connectivity index (χ4v) is 1.44. The smallest absolute Gasteiger partial charge is 0.182 e. The normalized spacial score (nSPS) is 12.7. The van der Waals surface area contributed by atoms with Crippen LogP contribution in [0.5, 0.6) is 5.75 Å². The van der Waals surface area contributed by atoms with Gasteiger partial charge in [0.1, 0.15) is 5.82 Å². The number of methoxy groups -OCH3 is 1. The number of benzene rings is 1. The highest BCUT2D eigenvalue weighted by Crippen LogP contribution is 2.33. The van der Waals surface area contributed by atoms with Crippen LogP contribution in [-0.2, 0) is 0 Å². The first-order chi connectivity index (χ1) is 6.49. The van der Waals surface area contributed by atoms with Gasteiger partial charge in [-0.15, -0.1) is 0 Å². The lowest BCUT2D eigenvalue weighted by Crippen LogP contribution is -2.09. The Balaban J connectivity index is 3.43. The molecule has 0 aromatic heterocycles. The van der Waals surface area contributed by atoms with Crippen LogP contribution in [0.2, 0.25) is 0 Å². The predicted molar refractivity (Wildman–Crippen MR) is 53.2 cm³/mol. The summed E-state index contributed by atoms with van der Waals surface area (Å²) in [6.07, 6.45) is 0. The maximum Gasteiger partial charge on any atom is 0.182 e. The molecule has 0 aliphatic rings. The standard InChI is InChI=1S/C9H10BrF2NO/c1-4(13)5-3-6(11)7(10)8(12)9(5)14-2/h3-4H,13H2,1-2H3. The van der Waals surface area contributed by atoms with E-state index in [9.17, 15) is 8.78 Å². The van der Waals surface area contributed by atoms with Crippen LogP contribution in [0.3, 0.4) is 0 Å². The molecule has 0 saturated heterocycles. The third kappa shape index (κ3) is 1.88. The SMILES string of the molecule is COc1c(C(C)N)cc(F)c(Br)c1F. The Labute approximate surface area is 89.2 Å². The molecule has 0 aliphatic heterocycles. The minimum absolute atomic E-state index is 0.0201. The summed E-state index contributed by atoms with van der Waals surface area (Å²) < 4.78 is 31.1. The lowest BCUT2D eigenvalue weighted by Gasteiger charge is -2.13. The number of halogens is 3. The summed E-state index contributed by atoms with van der Waals surface area (Å²) in [6.45, 7) is 1.63. The number of rotatable bonds is 2. The number of nitrogens with two attached hydrogens (primary N) is 1.